The van der Waals surface area contributed by atoms with Crippen LogP contribution in [-0.4, -0.2) is 18.4 Å². The van der Waals surface area contributed by atoms with Gasteiger partial charge in [0.25, 0.3) is 0 Å². The van der Waals surface area contributed by atoms with Gasteiger partial charge in [0.2, 0.25) is 11.8 Å². The van der Waals surface area contributed by atoms with E-state index in [4.69, 9.17) is 10.00 Å². The third-order valence-electron chi connectivity index (χ3n) is 5.51. The molecule has 1 saturated heterocycles. The molecule has 0 saturated carbocycles. The lowest BCUT2D eigenvalue weighted by molar-refractivity contribution is -0.125. The van der Waals surface area contributed by atoms with Crippen LogP contribution in [0, 0.1) is 24.2 Å². The van der Waals surface area contributed by atoms with Crippen LogP contribution < -0.4 is 15.0 Å². The minimum atomic E-state index is -0.387. The molecule has 162 valence electrons. The zero-order chi connectivity index (χ0) is 22.5. The topological polar surface area (TPSA) is 82.4 Å². The SMILES string of the molecule is Cc1ccc(N2C(=O)CCC(C(=O)Nc3ccc(OCC#N)cc3)C2c2cccs2)cc1. The summed E-state index contributed by atoms with van der Waals surface area (Å²) in [7, 11) is 0. The first kappa shape index (κ1) is 21.6. The summed E-state index contributed by atoms with van der Waals surface area (Å²) in [5.41, 5.74) is 2.56. The molecule has 2 heterocycles. The van der Waals surface area contributed by atoms with Crippen LogP contribution in [0.5, 0.6) is 5.75 Å². The molecule has 1 N–H and O–H groups in total. The molecule has 3 aromatic rings. The van der Waals surface area contributed by atoms with Crippen LogP contribution in [0.2, 0.25) is 0 Å². The Kier molecular flexibility index (Phi) is 6.52. The number of thiophene rings is 1. The molecule has 0 spiro atoms. The number of nitrogens with one attached hydrogen (secondary N) is 1. The van der Waals surface area contributed by atoms with Gasteiger partial charge in [-0.15, -0.1) is 11.3 Å². The van der Waals surface area contributed by atoms with E-state index in [1.807, 2.05) is 54.8 Å². The molecule has 7 heteroatoms. The van der Waals surface area contributed by atoms with Gasteiger partial charge in [-0.2, -0.15) is 5.26 Å². The first-order chi connectivity index (χ1) is 15.6. The quantitative estimate of drug-likeness (QED) is 0.573. The van der Waals surface area contributed by atoms with E-state index in [0.717, 1.165) is 16.1 Å². The molecule has 0 aliphatic carbocycles. The summed E-state index contributed by atoms with van der Waals surface area (Å²) < 4.78 is 5.26. The number of carbonyl (C=O) groups is 2. The highest BCUT2D eigenvalue weighted by Crippen LogP contribution is 2.42. The lowest BCUT2D eigenvalue weighted by atomic mass is 9.86. The Hall–Kier alpha value is -3.63. The number of benzene rings is 2. The van der Waals surface area contributed by atoms with Gasteiger partial charge in [0, 0.05) is 22.7 Å². The lowest BCUT2D eigenvalue weighted by Crippen LogP contribution is -2.46. The summed E-state index contributed by atoms with van der Waals surface area (Å²) in [6.07, 6.45) is 0.799. The summed E-state index contributed by atoms with van der Waals surface area (Å²) in [4.78, 5) is 29.1. The van der Waals surface area contributed by atoms with Crippen molar-refractivity contribution < 1.29 is 14.3 Å². The maximum absolute atomic E-state index is 13.3. The standard InChI is InChI=1S/C25H23N3O3S/c1-17-4-8-19(9-5-17)28-23(29)13-12-21(24(28)22-3-2-16-32-22)25(30)27-18-6-10-20(11-7-18)31-15-14-26/h2-11,16,21,24H,12-13,15H2,1H3,(H,27,30). The summed E-state index contributed by atoms with van der Waals surface area (Å²) in [6, 6.07) is 20.3. The first-order valence-electron chi connectivity index (χ1n) is 10.4. The Morgan fingerprint density at radius 1 is 1.19 bits per heavy atom. The van der Waals surface area contributed by atoms with Gasteiger partial charge in [0.1, 0.15) is 11.8 Å². The molecule has 0 radical (unpaired) electrons. The van der Waals surface area contributed by atoms with Crippen molar-refractivity contribution in [3.05, 3.63) is 76.5 Å². The smallest absolute Gasteiger partial charge is 0.229 e. The number of piperidine rings is 1. The molecule has 1 aromatic heterocycles. The van der Waals surface area contributed by atoms with Crippen LogP contribution in [0.4, 0.5) is 11.4 Å². The third-order valence-corrected chi connectivity index (χ3v) is 6.45. The predicted molar refractivity (Wildman–Crippen MR) is 125 cm³/mol. The number of amides is 2. The van der Waals surface area contributed by atoms with Crippen molar-refractivity contribution in [1.29, 1.82) is 5.26 Å². The van der Waals surface area contributed by atoms with Crippen LogP contribution in [0.3, 0.4) is 0 Å². The average molecular weight is 446 g/mol. The molecular formula is C25H23N3O3S. The van der Waals surface area contributed by atoms with Crippen LogP contribution in [0.1, 0.15) is 29.3 Å². The molecule has 4 rings (SSSR count). The Balaban J connectivity index is 1.60. The molecule has 1 aliphatic rings. The Morgan fingerprint density at radius 2 is 1.94 bits per heavy atom. The average Bonchev–Trinajstić information content (AvgIpc) is 3.34. The fraction of sp³-hybridized carbons (Fsp3) is 0.240. The molecule has 0 bridgehead atoms. The van der Waals surface area contributed by atoms with E-state index < -0.39 is 0 Å². The van der Waals surface area contributed by atoms with E-state index >= 15 is 0 Å². The van der Waals surface area contributed by atoms with E-state index in [1.54, 1.807) is 40.5 Å². The molecule has 32 heavy (non-hydrogen) atoms. The number of anilines is 2. The van der Waals surface area contributed by atoms with E-state index in [0.29, 0.717) is 24.3 Å². The Morgan fingerprint density at radius 3 is 2.59 bits per heavy atom. The van der Waals surface area contributed by atoms with Crippen molar-refractivity contribution in [2.24, 2.45) is 5.92 Å². The molecule has 6 nitrogen and oxygen atoms in total. The van der Waals surface area contributed by atoms with Crippen molar-refractivity contribution in [3.8, 4) is 11.8 Å². The molecule has 2 atom stereocenters. The van der Waals surface area contributed by atoms with Crippen LogP contribution in [0.15, 0.2) is 66.0 Å². The van der Waals surface area contributed by atoms with Crippen LogP contribution in [-0.2, 0) is 9.59 Å². The first-order valence-corrected chi connectivity index (χ1v) is 11.3. The van der Waals surface area contributed by atoms with E-state index in [9.17, 15) is 9.59 Å². The highest BCUT2D eigenvalue weighted by Gasteiger charge is 2.42. The van der Waals surface area contributed by atoms with Crippen molar-refractivity contribution in [1.82, 2.24) is 0 Å². The third kappa shape index (κ3) is 4.66. The molecule has 2 aromatic carbocycles. The summed E-state index contributed by atoms with van der Waals surface area (Å²) in [6.45, 7) is 1.98. The highest BCUT2D eigenvalue weighted by molar-refractivity contribution is 7.10. The van der Waals surface area contributed by atoms with Crippen molar-refractivity contribution in [2.75, 3.05) is 16.8 Å². The van der Waals surface area contributed by atoms with E-state index in [2.05, 4.69) is 5.32 Å². The highest BCUT2D eigenvalue weighted by atomic mass is 32.1. The van der Waals surface area contributed by atoms with Crippen LogP contribution >= 0.6 is 11.3 Å². The molecule has 2 unspecified atom stereocenters. The normalized spacial score (nSPS) is 18.1. The summed E-state index contributed by atoms with van der Waals surface area (Å²) in [5, 5.41) is 13.6. The number of ether oxygens (including phenoxy) is 1. The largest absolute Gasteiger partial charge is 0.479 e. The fourth-order valence-electron chi connectivity index (χ4n) is 3.95. The van der Waals surface area contributed by atoms with Crippen molar-refractivity contribution in [3.63, 3.8) is 0 Å². The maximum atomic E-state index is 13.3. The number of nitriles is 1. The van der Waals surface area contributed by atoms with Crippen molar-refractivity contribution >= 4 is 34.5 Å². The van der Waals surface area contributed by atoms with Gasteiger partial charge in [-0.1, -0.05) is 23.8 Å². The van der Waals surface area contributed by atoms with E-state index in [-0.39, 0.29) is 30.4 Å². The van der Waals surface area contributed by atoms with Gasteiger partial charge < -0.3 is 15.0 Å². The Bertz CT molecular complexity index is 1120. The summed E-state index contributed by atoms with van der Waals surface area (Å²) >= 11 is 1.55. The number of carbonyl (C=O) groups excluding carboxylic acids is 2. The maximum Gasteiger partial charge on any atom is 0.229 e. The predicted octanol–water partition coefficient (Wildman–Crippen LogP) is 5.08. The number of nitrogens with zero attached hydrogens (tertiary/aromatic N) is 2. The van der Waals surface area contributed by atoms with Gasteiger partial charge in [-0.05, 0) is 61.2 Å². The zero-order valence-corrected chi connectivity index (χ0v) is 18.5. The van der Waals surface area contributed by atoms with Gasteiger partial charge in [0.05, 0.1) is 12.0 Å². The molecule has 1 aliphatic heterocycles. The number of hydrogen-bond acceptors (Lipinski definition) is 5. The van der Waals surface area contributed by atoms with E-state index in [1.165, 1.54) is 0 Å². The fourth-order valence-corrected chi connectivity index (χ4v) is 4.83. The Labute approximate surface area is 191 Å². The van der Waals surface area contributed by atoms with Crippen molar-refractivity contribution in [2.45, 2.75) is 25.8 Å². The minimum absolute atomic E-state index is 0.0234. The van der Waals surface area contributed by atoms with Gasteiger partial charge in [0.15, 0.2) is 6.61 Å². The zero-order valence-electron chi connectivity index (χ0n) is 17.7. The second-order valence-electron chi connectivity index (χ2n) is 7.67. The number of hydrogen-bond donors (Lipinski definition) is 1. The second kappa shape index (κ2) is 9.67. The van der Waals surface area contributed by atoms with Gasteiger partial charge in [-0.3, -0.25) is 9.59 Å². The second-order valence-corrected chi connectivity index (χ2v) is 8.64. The monoisotopic (exact) mass is 445 g/mol. The molecule has 2 amide bonds. The number of aryl methyl sites for hydroxylation is 1. The molecular weight excluding hydrogens is 422 g/mol. The number of rotatable bonds is 6. The minimum Gasteiger partial charge on any atom is -0.479 e. The van der Waals surface area contributed by atoms with Gasteiger partial charge in [-0.25, -0.2) is 0 Å². The van der Waals surface area contributed by atoms with Gasteiger partial charge >= 0.3 is 0 Å². The lowest BCUT2D eigenvalue weighted by Gasteiger charge is -2.40. The summed E-state index contributed by atoms with van der Waals surface area (Å²) in [5.74, 6) is 0.0750. The van der Waals surface area contributed by atoms with Crippen LogP contribution in [0.25, 0.3) is 0 Å². The molecule has 1 fully saturated rings.